The number of benzene rings is 6. The van der Waals surface area contributed by atoms with Gasteiger partial charge in [0.1, 0.15) is 26.2 Å². The van der Waals surface area contributed by atoms with Crippen molar-refractivity contribution >= 4 is 78.6 Å². The van der Waals surface area contributed by atoms with Gasteiger partial charge in [-0.25, -0.2) is 9.59 Å². The molecular formula is C57H65BF3IN6O14S. The van der Waals surface area contributed by atoms with Crippen LogP contribution in [0.25, 0.3) is 33.1 Å². The van der Waals surface area contributed by atoms with Crippen LogP contribution in [-0.4, -0.2) is 122 Å². The molecule has 2 aromatic heterocycles. The molecule has 6 aromatic carbocycles. The molecule has 0 saturated carbocycles. The highest BCUT2D eigenvalue weighted by Crippen LogP contribution is 2.37. The SMILES string of the molecule is CC.CN(C)Cc1ccc(-c2c([N+](=O)[O-])ccc3oc(=O)ccc23)cc1.CN(C)Cc1ccc(B(O)O)cc1.CN(C)Cc1ccc(O)cc1.CN(C)Cc1ccc(OS(=O)(=O)C(F)(F)F)cc1.O=c1ccc2c(I)c([N+](=O)[O-])ccc2o1. The molecule has 0 saturated heterocycles. The molecule has 8 aromatic rings. The van der Waals surface area contributed by atoms with Crippen molar-refractivity contribution in [1.29, 1.82) is 0 Å². The first-order chi connectivity index (χ1) is 38.9. The molecule has 8 rings (SSSR count). The molecule has 0 spiro atoms. The maximum Gasteiger partial charge on any atom is 0.534 e. The quantitative estimate of drug-likeness (QED) is 0.0174. The van der Waals surface area contributed by atoms with Gasteiger partial charge in [0, 0.05) is 61.2 Å². The maximum atomic E-state index is 12.1. The van der Waals surface area contributed by atoms with E-state index in [1.165, 1.54) is 72.3 Å². The van der Waals surface area contributed by atoms with E-state index < -0.39 is 43.8 Å². The number of halogens is 4. The topological polar surface area (TPSA) is 264 Å². The van der Waals surface area contributed by atoms with E-state index in [0.29, 0.717) is 54.4 Å². The largest absolute Gasteiger partial charge is 0.534 e. The third-order valence-electron chi connectivity index (χ3n) is 10.8. The minimum Gasteiger partial charge on any atom is -0.508 e. The van der Waals surface area contributed by atoms with E-state index in [9.17, 15) is 51.4 Å². The van der Waals surface area contributed by atoms with Gasteiger partial charge >= 0.3 is 34.0 Å². The lowest BCUT2D eigenvalue weighted by molar-refractivity contribution is -0.385. The molecule has 0 aliphatic heterocycles. The predicted molar refractivity (Wildman–Crippen MR) is 324 cm³/mol. The molecule has 444 valence electrons. The summed E-state index contributed by atoms with van der Waals surface area (Å²) >= 11 is 1.86. The zero-order chi connectivity index (χ0) is 62.4. The van der Waals surface area contributed by atoms with Crippen molar-refractivity contribution in [1.82, 2.24) is 19.6 Å². The Labute approximate surface area is 492 Å². The van der Waals surface area contributed by atoms with E-state index in [-0.39, 0.29) is 17.1 Å². The third-order valence-corrected chi connectivity index (χ3v) is 12.9. The smallest absolute Gasteiger partial charge is 0.508 e. The van der Waals surface area contributed by atoms with Crippen LogP contribution in [-0.2, 0) is 36.3 Å². The molecule has 0 atom stereocenters. The fourth-order valence-electron chi connectivity index (χ4n) is 7.29. The van der Waals surface area contributed by atoms with E-state index in [1.807, 2.05) is 151 Å². The number of hydrogen-bond acceptors (Lipinski definition) is 18. The van der Waals surface area contributed by atoms with Crippen LogP contribution in [0.15, 0.2) is 164 Å². The van der Waals surface area contributed by atoms with Crippen molar-refractivity contribution in [3.8, 4) is 22.6 Å². The Morgan fingerprint density at radius 1 is 0.554 bits per heavy atom. The number of nitro groups is 2. The molecule has 0 aliphatic carbocycles. The number of rotatable bonds is 14. The van der Waals surface area contributed by atoms with E-state index in [1.54, 1.807) is 30.3 Å². The zero-order valence-electron chi connectivity index (χ0n) is 47.2. The highest BCUT2D eigenvalue weighted by atomic mass is 127. The molecule has 0 aliphatic rings. The number of phenols is 1. The highest BCUT2D eigenvalue weighted by molar-refractivity contribution is 14.1. The van der Waals surface area contributed by atoms with Crippen molar-refractivity contribution in [2.45, 2.75) is 45.5 Å². The lowest BCUT2D eigenvalue weighted by Gasteiger charge is -2.11. The second-order valence-electron chi connectivity index (χ2n) is 18.8. The van der Waals surface area contributed by atoms with Crippen molar-refractivity contribution < 1.29 is 59.6 Å². The van der Waals surface area contributed by atoms with Gasteiger partial charge in [-0.05, 0) is 161 Å². The van der Waals surface area contributed by atoms with Crippen LogP contribution in [0.1, 0.15) is 36.1 Å². The van der Waals surface area contributed by atoms with Gasteiger partial charge < -0.3 is 47.8 Å². The molecule has 0 unspecified atom stereocenters. The van der Waals surface area contributed by atoms with Crippen LogP contribution in [0.3, 0.4) is 0 Å². The fraction of sp³-hybridized carbons (Fsp3) is 0.263. The van der Waals surface area contributed by atoms with Gasteiger partial charge in [-0.15, -0.1) is 0 Å². The molecule has 0 fully saturated rings. The van der Waals surface area contributed by atoms with Crippen LogP contribution in [0.5, 0.6) is 11.5 Å². The Bertz CT molecular complexity index is 3590. The number of alkyl halides is 3. The first kappa shape index (κ1) is 69.7. The molecule has 20 nitrogen and oxygen atoms in total. The predicted octanol–water partition coefficient (Wildman–Crippen LogP) is 9.62. The van der Waals surface area contributed by atoms with Crippen LogP contribution in [0.2, 0.25) is 0 Å². The molecule has 2 heterocycles. The van der Waals surface area contributed by atoms with Crippen molar-refractivity contribution in [3.05, 3.63) is 212 Å². The van der Waals surface area contributed by atoms with Crippen molar-refractivity contribution in [2.24, 2.45) is 0 Å². The molecule has 0 amide bonds. The number of phenolic OH excluding ortho intramolecular Hbond substituents is 1. The molecule has 3 N–H and O–H groups in total. The maximum absolute atomic E-state index is 12.1. The van der Waals surface area contributed by atoms with Gasteiger partial charge in [0.25, 0.3) is 11.4 Å². The summed E-state index contributed by atoms with van der Waals surface area (Å²) in [6.07, 6.45) is 0. The lowest BCUT2D eigenvalue weighted by Crippen LogP contribution is -2.29. The summed E-state index contributed by atoms with van der Waals surface area (Å²) in [6.45, 7) is 7.15. The molecule has 83 heavy (non-hydrogen) atoms. The van der Waals surface area contributed by atoms with E-state index in [2.05, 4.69) is 14.0 Å². The third kappa shape index (κ3) is 23.0. The van der Waals surface area contributed by atoms with Crippen LogP contribution in [0, 0.1) is 23.8 Å². The van der Waals surface area contributed by atoms with E-state index >= 15 is 0 Å². The highest BCUT2D eigenvalue weighted by Gasteiger charge is 2.48. The second-order valence-corrected chi connectivity index (χ2v) is 21.4. The average Bonchev–Trinajstić information content (AvgIpc) is 3.53. The van der Waals surface area contributed by atoms with Gasteiger partial charge in [0.2, 0.25) is 0 Å². The summed E-state index contributed by atoms with van der Waals surface area (Å²) in [6, 6.07) is 38.7. The second kappa shape index (κ2) is 32.9. The summed E-state index contributed by atoms with van der Waals surface area (Å²) in [7, 11) is 8.69. The molecule has 0 bridgehead atoms. The standard InChI is InChI=1S/C18H16N2O4.C10H12F3NO3S.C9H14BNO2.C9H4INO4.C9H13NO.C2H6/c1-19(2)11-12-3-5-13(6-4-12)18-14-7-10-17(21)24-16(14)9-8-15(18)20(22)23;1-14(2)7-8-3-5-9(6-4-8)17-18(15,16)10(11,12)13;1-11(2)7-8-3-5-9(6-4-8)10(12)13;10-9-5-1-4-8(12)15-7(5)3-2-6(9)11(13)14;1-10(2)7-8-3-5-9(11)6-4-8;1-2/h3-10H,11H2,1-2H3;3-6H,7H2,1-2H3;3-6,12-13H,7H2,1-2H3;1-4H;3-6,11H,7H2,1-2H3;1-2H3. The van der Waals surface area contributed by atoms with Crippen LogP contribution >= 0.6 is 22.6 Å². The number of nitrogens with zero attached hydrogens (tertiary/aromatic N) is 6. The zero-order valence-corrected chi connectivity index (χ0v) is 50.2. The van der Waals surface area contributed by atoms with Crippen molar-refractivity contribution in [3.63, 3.8) is 0 Å². The summed E-state index contributed by atoms with van der Waals surface area (Å²) in [5.74, 6) is -0.0395. The van der Waals surface area contributed by atoms with Gasteiger partial charge in [0.15, 0.2) is 0 Å². The molecular weight excluding hydrogens is 1220 g/mol. The Balaban J connectivity index is 0.000000277. The van der Waals surface area contributed by atoms with Gasteiger partial charge in [-0.2, -0.15) is 21.6 Å². The van der Waals surface area contributed by atoms with Crippen molar-refractivity contribution in [2.75, 3.05) is 56.4 Å². The first-order valence-corrected chi connectivity index (χ1v) is 27.5. The number of fused-ring (bicyclic) bond motifs is 2. The average molecular weight is 1280 g/mol. The minimum atomic E-state index is -5.60. The van der Waals surface area contributed by atoms with E-state index in [4.69, 9.17) is 24.0 Å². The lowest BCUT2D eigenvalue weighted by atomic mass is 9.80. The molecule has 0 radical (unpaired) electrons. The normalized spacial score (nSPS) is 11.0. The van der Waals surface area contributed by atoms with Gasteiger partial charge in [0.05, 0.1) is 15.4 Å². The Morgan fingerprint density at radius 3 is 1.30 bits per heavy atom. The Morgan fingerprint density at radius 2 is 0.916 bits per heavy atom. The van der Waals surface area contributed by atoms with Gasteiger partial charge in [-0.1, -0.05) is 86.6 Å². The molecule has 26 heteroatoms. The number of aromatic hydroxyl groups is 1. The number of nitro benzene ring substituents is 2. The monoisotopic (exact) mass is 1280 g/mol. The van der Waals surface area contributed by atoms with Crippen LogP contribution < -0.4 is 20.9 Å². The fourth-order valence-corrected chi connectivity index (χ4v) is 8.58. The Hall–Kier alpha value is -7.57. The first-order valence-electron chi connectivity index (χ1n) is 25.0. The number of hydrogen-bond donors (Lipinski definition) is 3. The Kier molecular flexibility index (Phi) is 27.6. The summed E-state index contributed by atoms with van der Waals surface area (Å²) < 4.78 is 72.1. The van der Waals surface area contributed by atoms with E-state index in [0.717, 1.165) is 36.3 Å². The summed E-state index contributed by atoms with van der Waals surface area (Å²) in [4.78, 5) is 51.5. The minimum absolute atomic E-state index is 0.0111. The summed E-state index contributed by atoms with van der Waals surface area (Å²) in [5, 5.41) is 49.8. The summed E-state index contributed by atoms with van der Waals surface area (Å²) in [5.41, 5.74) is 0.332. The van der Waals surface area contributed by atoms with Gasteiger partial charge in [-0.3, -0.25) is 20.2 Å². The van der Waals surface area contributed by atoms with Crippen LogP contribution in [0.4, 0.5) is 24.5 Å².